The van der Waals surface area contributed by atoms with Gasteiger partial charge in [-0.05, 0) is 83.8 Å². The fourth-order valence-electron chi connectivity index (χ4n) is 6.63. The maximum Gasteiger partial charge on any atom is 0.164 e. The van der Waals surface area contributed by atoms with E-state index in [1.54, 1.807) is 30.3 Å². The second-order valence-corrected chi connectivity index (χ2v) is 12.4. The first-order valence-corrected chi connectivity index (χ1v) is 17.1. The van der Waals surface area contributed by atoms with Gasteiger partial charge < -0.3 is 0 Å². The summed E-state index contributed by atoms with van der Waals surface area (Å²) < 4.78 is 136. The van der Waals surface area contributed by atoms with Crippen LogP contribution >= 0.6 is 0 Å². The van der Waals surface area contributed by atoms with Crippen LogP contribution in [0.5, 0.6) is 0 Å². The fourth-order valence-corrected chi connectivity index (χ4v) is 6.63. The van der Waals surface area contributed by atoms with Gasteiger partial charge in [0, 0.05) is 16.7 Å². The van der Waals surface area contributed by atoms with E-state index in [4.69, 9.17) is 27.3 Å². The molecule has 0 unspecified atom stereocenters. The van der Waals surface area contributed by atoms with Crippen LogP contribution in [0.4, 0.5) is 0 Å². The van der Waals surface area contributed by atoms with Crippen molar-refractivity contribution in [3.63, 3.8) is 0 Å². The average molecular weight is 703 g/mol. The number of rotatable bonds is 6. The maximum absolute atomic E-state index is 9.77. The Morgan fingerprint density at radius 1 is 0.296 bits per heavy atom. The van der Waals surface area contributed by atoms with Crippen LogP contribution in [0.2, 0.25) is 0 Å². The zero-order valence-corrected chi connectivity index (χ0v) is 28.2. The summed E-state index contributed by atoms with van der Waals surface area (Å²) in [5.74, 6) is 0.0366. The molecule has 0 radical (unpaired) electrons. The second kappa shape index (κ2) is 13.4. The third-order valence-corrected chi connectivity index (χ3v) is 9.15. The zero-order chi connectivity index (χ0) is 48.9. The van der Waals surface area contributed by atoms with Crippen LogP contribution < -0.4 is 0 Å². The molecule has 10 rings (SSSR count). The molecular formula is C51H33N3. The van der Waals surface area contributed by atoms with Crippen molar-refractivity contribution in [3.05, 3.63) is 200 Å². The number of hydrogen-bond donors (Lipinski definition) is 0. The number of nitrogens with zero attached hydrogens (tertiary/aromatic N) is 3. The first kappa shape index (κ1) is 19.6. The molecule has 1 aromatic heterocycles. The third kappa shape index (κ3) is 5.69. The van der Waals surface area contributed by atoms with E-state index in [-0.39, 0.29) is 50.0 Å². The molecule has 0 aliphatic heterocycles. The van der Waals surface area contributed by atoms with Crippen LogP contribution in [0.1, 0.15) is 20.6 Å². The lowest BCUT2D eigenvalue weighted by molar-refractivity contribution is 1.07. The van der Waals surface area contributed by atoms with Crippen LogP contribution in [0.15, 0.2) is 200 Å². The van der Waals surface area contributed by atoms with E-state index in [9.17, 15) is 8.22 Å². The summed E-state index contributed by atoms with van der Waals surface area (Å²) >= 11 is 0. The molecule has 3 heteroatoms. The predicted molar refractivity (Wildman–Crippen MR) is 225 cm³/mol. The summed E-state index contributed by atoms with van der Waals surface area (Å²) in [5.41, 5.74) is 3.38. The number of aromatic nitrogens is 3. The Morgan fingerprint density at radius 2 is 0.759 bits per heavy atom. The number of fused-ring (bicyclic) bond motifs is 6. The molecule has 0 aliphatic rings. The van der Waals surface area contributed by atoms with Crippen LogP contribution in [-0.2, 0) is 0 Å². The molecule has 0 amide bonds. The summed E-state index contributed by atoms with van der Waals surface area (Å²) in [7, 11) is 0. The van der Waals surface area contributed by atoms with Gasteiger partial charge in [0.2, 0.25) is 0 Å². The van der Waals surface area contributed by atoms with E-state index in [2.05, 4.69) is 0 Å². The highest BCUT2D eigenvalue weighted by atomic mass is 15.0. The van der Waals surface area contributed by atoms with Gasteiger partial charge in [-0.15, -0.1) is 0 Å². The molecule has 0 saturated carbocycles. The zero-order valence-electron chi connectivity index (χ0n) is 43.2. The van der Waals surface area contributed by atoms with Crippen molar-refractivity contribution in [2.75, 3.05) is 0 Å². The predicted octanol–water partition coefficient (Wildman–Crippen LogP) is 13.3. The SMILES string of the molecule is [2H]c1c([2H])c(-c2nc(-c3ccccc3)nc(-c3cccc(-c4ccccc4-c4ccccc4)c3)n2)c([2H])c(-c2c([2H])c([2H])c3c4c([2H])c([2H])c([2H])c([2H])c4c4c([2H])c([2H])c([2H])c([2H])c4c3c2[2H])c1[2H]. The van der Waals surface area contributed by atoms with Gasteiger partial charge in [-0.25, -0.2) is 15.0 Å². The third-order valence-electron chi connectivity index (χ3n) is 9.15. The Morgan fingerprint density at radius 3 is 1.43 bits per heavy atom. The molecule has 0 fully saturated rings. The molecule has 0 saturated heterocycles. The van der Waals surface area contributed by atoms with E-state index >= 15 is 0 Å². The molecule has 54 heavy (non-hydrogen) atoms. The molecule has 0 spiro atoms. The van der Waals surface area contributed by atoms with Gasteiger partial charge >= 0.3 is 0 Å². The minimum Gasteiger partial charge on any atom is -0.208 e. The van der Waals surface area contributed by atoms with E-state index in [0.717, 1.165) is 22.3 Å². The van der Waals surface area contributed by atoms with Crippen LogP contribution in [-0.4, -0.2) is 15.0 Å². The van der Waals surface area contributed by atoms with Crippen molar-refractivity contribution in [2.45, 2.75) is 0 Å². The standard InChI is InChI=1S/C51H33N3/c1-3-15-34(16-4-1)41-23-7-8-24-42(41)38-20-14-22-40(32-38)51-53-49(35-17-5-2-6-18-35)52-50(54-51)39-21-13-19-36(31-39)37-29-30-47-45-27-10-9-25-43(45)44-26-11-12-28-46(44)48(47)33-37/h1-33H/i9D,10D,11D,12D,13D,19D,21D,25D,26D,27D,28D,29D,30D,31D,33D. The van der Waals surface area contributed by atoms with Crippen molar-refractivity contribution in [2.24, 2.45) is 0 Å². The van der Waals surface area contributed by atoms with Crippen LogP contribution in [0.3, 0.4) is 0 Å². The van der Waals surface area contributed by atoms with E-state index in [1.165, 1.54) is 0 Å². The summed E-state index contributed by atoms with van der Waals surface area (Å²) in [4.78, 5) is 14.4. The Kier molecular flexibility index (Phi) is 4.85. The molecular weight excluding hydrogens is 655 g/mol. The van der Waals surface area contributed by atoms with Crippen molar-refractivity contribution in [1.82, 2.24) is 15.0 Å². The average Bonchev–Trinajstić information content (AvgIpc) is 3.37. The summed E-state index contributed by atoms with van der Waals surface area (Å²) in [6, 6.07) is 23.7. The van der Waals surface area contributed by atoms with E-state index < -0.39 is 107 Å². The summed E-state index contributed by atoms with van der Waals surface area (Å²) in [6.07, 6.45) is 0. The number of benzene rings is 9. The molecule has 0 bridgehead atoms. The molecule has 3 nitrogen and oxygen atoms in total. The maximum atomic E-state index is 9.77. The summed E-state index contributed by atoms with van der Waals surface area (Å²) in [6.45, 7) is 0. The van der Waals surface area contributed by atoms with Gasteiger partial charge in [-0.3, -0.25) is 0 Å². The van der Waals surface area contributed by atoms with Gasteiger partial charge in [0.1, 0.15) is 0 Å². The van der Waals surface area contributed by atoms with Crippen molar-refractivity contribution in [3.8, 4) is 67.5 Å². The molecule has 9 aromatic carbocycles. The Labute approximate surface area is 335 Å². The molecule has 252 valence electrons. The highest BCUT2D eigenvalue weighted by Crippen LogP contribution is 2.38. The minimum atomic E-state index is -0.777. The Bertz CT molecular complexity index is 3800. The van der Waals surface area contributed by atoms with Gasteiger partial charge in [0.05, 0.1) is 20.6 Å². The largest absolute Gasteiger partial charge is 0.208 e. The van der Waals surface area contributed by atoms with Crippen molar-refractivity contribution >= 4 is 32.3 Å². The molecule has 0 N–H and O–H groups in total. The molecule has 1 heterocycles. The lowest BCUT2D eigenvalue weighted by Crippen LogP contribution is -2.00. The monoisotopic (exact) mass is 702 g/mol. The lowest BCUT2D eigenvalue weighted by Gasteiger charge is -2.13. The van der Waals surface area contributed by atoms with Gasteiger partial charge in [-0.1, -0.05) is 182 Å². The normalized spacial score (nSPS) is 15.2. The van der Waals surface area contributed by atoms with Gasteiger partial charge in [0.25, 0.3) is 0 Å². The lowest BCUT2D eigenvalue weighted by atomic mass is 9.92. The van der Waals surface area contributed by atoms with Gasteiger partial charge in [0.15, 0.2) is 17.5 Å². The highest BCUT2D eigenvalue weighted by Gasteiger charge is 2.16. The topological polar surface area (TPSA) is 38.7 Å². The van der Waals surface area contributed by atoms with E-state index in [1.807, 2.05) is 78.9 Å². The minimum absolute atomic E-state index is 0.137. The molecule has 10 aromatic rings. The van der Waals surface area contributed by atoms with Crippen LogP contribution in [0.25, 0.3) is 99.9 Å². The molecule has 0 aliphatic carbocycles. The van der Waals surface area contributed by atoms with Crippen LogP contribution in [0, 0.1) is 0 Å². The van der Waals surface area contributed by atoms with E-state index in [0.29, 0.717) is 11.1 Å². The Balaban J connectivity index is 1.27. The van der Waals surface area contributed by atoms with Gasteiger partial charge in [-0.2, -0.15) is 0 Å². The smallest absolute Gasteiger partial charge is 0.164 e. The summed E-state index contributed by atoms with van der Waals surface area (Å²) in [5, 5.41) is -2.19. The number of hydrogen-bond acceptors (Lipinski definition) is 3. The molecule has 0 atom stereocenters. The first-order valence-electron chi connectivity index (χ1n) is 24.6. The second-order valence-electron chi connectivity index (χ2n) is 12.4. The quantitative estimate of drug-likeness (QED) is 0.162. The first-order chi connectivity index (χ1) is 33.0. The van der Waals surface area contributed by atoms with Crippen molar-refractivity contribution < 1.29 is 20.6 Å². The fraction of sp³-hybridized carbons (Fsp3) is 0. The highest BCUT2D eigenvalue weighted by molar-refractivity contribution is 6.25. The van der Waals surface area contributed by atoms with Crippen molar-refractivity contribution in [1.29, 1.82) is 0 Å². The Hall–Kier alpha value is -7.23.